The van der Waals surface area contributed by atoms with E-state index >= 15 is 0 Å². The van der Waals surface area contributed by atoms with Crippen molar-refractivity contribution < 1.29 is 9.53 Å². The molecule has 0 saturated carbocycles. The molecule has 19 heavy (non-hydrogen) atoms. The van der Waals surface area contributed by atoms with Crippen LogP contribution in [0.5, 0.6) is 5.75 Å². The molecule has 0 spiro atoms. The van der Waals surface area contributed by atoms with Crippen molar-refractivity contribution in [1.29, 1.82) is 0 Å². The summed E-state index contributed by atoms with van der Waals surface area (Å²) in [5.74, 6) is 0.624. The second-order valence-electron chi connectivity index (χ2n) is 4.03. The third-order valence-corrected chi connectivity index (χ3v) is 2.60. The molecule has 4 heteroatoms. The molecule has 98 valence electrons. The molecule has 0 fully saturated rings. The second kappa shape index (κ2) is 6.44. The van der Waals surface area contributed by atoms with Crippen LogP contribution in [0.4, 0.5) is 0 Å². The number of hydrogen-bond donors (Lipinski definition) is 2. The maximum absolute atomic E-state index is 11.9. The first-order valence-corrected chi connectivity index (χ1v) is 6.03. The Bertz CT molecular complexity index is 530. The van der Waals surface area contributed by atoms with Crippen molar-refractivity contribution in [2.75, 3.05) is 6.61 Å². The molecule has 0 aliphatic carbocycles. The van der Waals surface area contributed by atoms with Crippen molar-refractivity contribution >= 4 is 5.91 Å². The molecule has 2 N–H and O–H groups in total. The Labute approximate surface area is 112 Å². The van der Waals surface area contributed by atoms with E-state index in [1.807, 2.05) is 18.5 Å². The fourth-order valence-corrected chi connectivity index (χ4v) is 1.61. The van der Waals surface area contributed by atoms with Crippen molar-refractivity contribution in [2.24, 2.45) is 0 Å². The van der Waals surface area contributed by atoms with Gasteiger partial charge in [-0.3, -0.25) is 4.79 Å². The number of carbonyl (C=O) groups is 1. The van der Waals surface area contributed by atoms with Crippen LogP contribution in [0.1, 0.15) is 15.9 Å². The van der Waals surface area contributed by atoms with E-state index in [0.29, 0.717) is 18.7 Å². The number of H-pyrrole nitrogens is 1. The minimum Gasteiger partial charge on any atom is -0.490 e. The maximum atomic E-state index is 11.9. The summed E-state index contributed by atoms with van der Waals surface area (Å²) in [4.78, 5) is 14.8. The predicted molar refractivity (Wildman–Crippen MR) is 74.1 cm³/mol. The minimum atomic E-state index is -0.100. The summed E-state index contributed by atoms with van der Waals surface area (Å²) in [6, 6.07) is 8.95. The summed E-state index contributed by atoms with van der Waals surface area (Å²) in [6.07, 6.45) is 5.36. The van der Waals surface area contributed by atoms with Crippen LogP contribution in [0.15, 0.2) is 55.4 Å². The fourth-order valence-electron chi connectivity index (χ4n) is 1.61. The second-order valence-corrected chi connectivity index (χ2v) is 4.03. The molecule has 0 aliphatic heterocycles. The molecule has 1 amide bonds. The van der Waals surface area contributed by atoms with Crippen LogP contribution in [-0.2, 0) is 6.54 Å². The van der Waals surface area contributed by atoms with Gasteiger partial charge in [-0.05, 0) is 35.9 Å². The van der Waals surface area contributed by atoms with Gasteiger partial charge < -0.3 is 15.0 Å². The van der Waals surface area contributed by atoms with Gasteiger partial charge in [0.15, 0.2) is 0 Å². The van der Waals surface area contributed by atoms with Crippen molar-refractivity contribution in [3.05, 3.63) is 66.5 Å². The van der Waals surface area contributed by atoms with Crippen LogP contribution < -0.4 is 10.1 Å². The van der Waals surface area contributed by atoms with Gasteiger partial charge in [0.25, 0.3) is 5.91 Å². The third kappa shape index (κ3) is 3.74. The molecular weight excluding hydrogens is 240 g/mol. The Morgan fingerprint density at radius 3 is 2.74 bits per heavy atom. The summed E-state index contributed by atoms with van der Waals surface area (Å²) >= 11 is 0. The van der Waals surface area contributed by atoms with Crippen molar-refractivity contribution in [1.82, 2.24) is 10.3 Å². The molecule has 2 aromatic rings. The molecule has 0 bridgehead atoms. The Morgan fingerprint density at radius 2 is 2.11 bits per heavy atom. The van der Waals surface area contributed by atoms with Gasteiger partial charge in [0, 0.05) is 24.5 Å². The lowest BCUT2D eigenvalue weighted by atomic mass is 10.2. The van der Waals surface area contributed by atoms with Gasteiger partial charge in [-0.1, -0.05) is 12.7 Å². The highest BCUT2D eigenvalue weighted by Gasteiger charge is 2.05. The highest BCUT2D eigenvalue weighted by atomic mass is 16.5. The van der Waals surface area contributed by atoms with E-state index in [-0.39, 0.29) is 5.91 Å². The fraction of sp³-hybridized carbons (Fsp3) is 0.133. The summed E-state index contributed by atoms with van der Waals surface area (Å²) in [6.45, 7) is 4.55. The first kappa shape index (κ1) is 13.0. The number of benzene rings is 1. The molecular formula is C15H16N2O2. The van der Waals surface area contributed by atoms with Crippen LogP contribution in [-0.4, -0.2) is 17.5 Å². The van der Waals surface area contributed by atoms with E-state index in [9.17, 15) is 4.79 Å². The lowest BCUT2D eigenvalue weighted by molar-refractivity contribution is 0.0951. The average molecular weight is 256 g/mol. The lowest BCUT2D eigenvalue weighted by Gasteiger charge is -2.06. The SMILES string of the molecule is C=CCOc1ccc(C(=O)NCc2cc[nH]c2)cc1. The van der Waals surface area contributed by atoms with Gasteiger partial charge in [0.1, 0.15) is 12.4 Å². The van der Waals surface area contributed by atoms with E-state index in [1.54, 1.807) is 30.3 Å². The zero-order chi connectivity index (χ0) is 13.5. The number of carbonyl (C=O) groups excluding carboxylic acids is 1. The highest BCUT2D eigenvalue weighted by Crippen LogP contribution is 2.12. The molecule has 1 aromatic carbocycles. The number of aromatic amines is 1. The number of hydrogen-bond acceptors (Lipinski definition) is 2. The Balaban J connectivity index is 1.90. The number of nitrogens with one attached hydrogen (secondary N) is 2. The largest absolute Gasteiger partial charge is 0.490 e. The lowest BCUT2D eigenvalue weighted by Crippen LogP contribution is -2.22. The Morgan fingerprint density at radius 1 is 1.32 bits per heavy atom. The molecule has 2 rings (SSSR count). The zero-order valence-electron chi connectivity index (χ0n) is 10.6. The standard InChI is InChI=1S/C15H16N2O2/c1-2-9-19-14-5-3-13(4-6-14)15(18)17-11-12-7-8-16-10-12/h2-8,10,16H,1,9,11H2,(H,17,18). The quantitative estimate of drug-likeness (QED) is 0.780. The smallest absolute Gasteiger partial charge is 0.251 e. The van der Waals surface area contributed by atoms with Gasteiger partial charge in [0.05, 0.1) is 0 Å². The average Bonchev–Trinajstić information content (AvgIpc) is 2.96. The van der Waals surface area contributed by atoms with E-state index in [1.165, 1.54) is 0 Å². The molecule has 1 aromatic heterocycles. The topological polar surface area (TPSA) is 54.1 Å². The molecule has 1 heterocycles. The third-order valence-electron chi connectivity index (χ3n) is 2.60. The summed E-state index contributed by atoms with van der Waals surface area (Å²) in [5.41, 5.74) is 1.65. The first-order chi connectivity index (χ1) is 9.29. The van der Waals surface area contributed by atoms with Crippen molar-refractivity contribution in [3.63, 3.8) is 0 Å². The van der Waals surface area contributed by atoms with Crippen molar-refractivity contribution in [3.8, 4) is 5.75 Å². The Kier molecular flexibility index (Phi) is 4.39. The number of amides is 1. The maximum Gasteiger partial charge on any atom is 0.251 e. The van der Waals surface area contributed by atoms with Crippen LogP contribution in [0.2, 0.25) is 0 Å². The van der Waals surface area contributed by atoms with Crippen molar-refractivity contribution in [2.45, 2.75) is 6.54 Å². The zero-order valence-corrected chi connectivity index (χ0v) is 10.6. The van der Waals surface area contributed by atoms with E-state index < -0.39 is 0 Å². The van der Waals surface area contributed by atoms with E-state index in [4.69, 9.17) is 4.74 Å². The van der Waals surface area contributed by atoms with Gasteiger partial charge in [-0.2, -0.15) is 0 Å². The normalized spacial score (nSPS) is 9.89. The number of ether oxygens (including phenoxy) is 1. The molecule has 0 radical (unpaired) electrons. The van der Waals surface area contributed by atoms with Crippen LogP contribution in [0.3, 0.4) is 0 Å². The van der Waals surface area contributed by atoms with Gasteiger partial charge in [0.2, 0.25) is 0 Å². The molecule has 0 saturated heterocycles. The monoisotopic (exact) mass is 256 g/mol. The Hall–Kier alpha value is -2.49. The molecule has 0 unspecified atom stereocenters. The first-order valence-electron chi connectivity index (χ1n) is 6.03. The van der Waals surface area contributed by atoms with Gasteiger partial charge in [-0.15, -0.1) is 0 Å². The highest BCUT2D eigenvalue weighted by molar-refractivity contribution is 5.94. The number of rotatable bonds is 6. The summed E-state index contributed by atoms with van der Waals surface area (Å²) < 4.78 is 5.35. The van der Waals surface area contributed by atoms with Gasteiger partial charge >= 0.3 is 0 Å². The molecule has 0 aliphatic rings. The van der Waals surface area contributed by atoms with Gasteiger partial charge in [-0.25, -0.2) is 0 Å². The van der Waals surface area contributed by atoms with E-state index in [0.717, 1.165) is 11.3 Å². The van der Waals surface area contributed by atoms with Crippen LogP contribution in [0.25, 0.3) is 0 Å². The minimum absolute atomic E-state index is 0.100. The summed E-state index contributed by atoms with van der Waals surface area (Å²) in [7, 11) is 0. The molecule has 0 atom stereocenters. The van der Waals surface area contributed by atoms with E-state index in [2.05, 4.69) is 16.9 Å². The van der Waals surface area contributed by atoms with Crippen LogP contribution in [0, 0.1) is 0 Å². The molecule has 4 nitrogen and oxygen atoms in total. The summed E-state index contributed by atoms with van der Waals surface area (Å²) in [5, 5.41) is 2.85. The van der Waals surface area contributed by atoms with Crippen LogP contribution >= 0.6 is 0 Å². The number of aromatic nitrogens is 1. The predicted octanol–water partition coefficient (Wildman–Crippen LogP) is 2.51.